The molecule has 2 aromatic carbocycles. The molecule has 2 heterocycles. The number of benzene rings is 2. The molecule has 7 nitrogen and oxygen atoms in total. The lowest BCUT2D eigenvalue weighted by atomic mass is 10.1. The maximum atomic E-state index is 12.8. The van der Waals surface area contributed by atoms with Gasteiger partial charge in [-0.3, -0.25) is 4.79 Å². The van der Waals surface area contributed by atoms with Gasteiger partial charge < -0.3 is 15.1 Å². The van der Waals surface area contributed by atoms with Crippen LogP contribution in [-0.2, 0) is 0 Å². The number of urea groups is 1. The molecule has 1 N–H and O–H groups in total. The Balaban J connectivity index is 1.46. The van der Waals surface area contributed by atoms with Crippen LogP contribution in [0.4, 0.5) is 16.3 Å². The molecule has 1 fully saturated rings. The van der Waals surface area contributed by atoms with Crippen molar-refractivity contribution in [2.24, 2.45) is 0 Å². The van der Waals surface area contributed by atoms with Crippen molar-refractivity contribution in [1.29, 1.82) is 0 Å². The first-order chi connectivity index (χ1) is 15.0. The van der Waals surface area contributed by atoms with Gasteiger partial charge in [-0.2, -0.15) is 4.68 Å². The summed E-state index contributed by atoms with van der Waals surface area (Å²) in [6.07, 6.45) is 0.826. The molecule has 4 rings (SSSR count). The molecular weight excluding hydrogens is 390 g/mol. The van der Waals surface area contributed by atoms with E-state index in [0.29, 0.717) is 19.6 Å². The van der Waals surface area contributed by atoms with Gasteiger partial charge in [0.25, 0.3) is 5.56 Å². The molecule has 3 aromatic rings. The molecule has 0 atom stereocenters. The van der Waals surface area contributed by atoms with Gasteiger partial charge in [0, 0.05) is 37.9 Å². The minimum Gasteiger partial charge on any atom is -0.353 e. The summed E-state index contributed by atoms with van der Waals surface area (Å²) in [7, 11) is 0. The Morgan fingerprint density at radius 2 is 1.65 bits per heavy atom. The van der Waals surface area contributed by atoms with Gasteiger partial charge in [0.2, 0.25) is 0 Å². The van der Waals surface area contributed by atoms with Gasteiger partial charge in [0.15, 0.2) is 0 Å². The topological polar surface area (TPSA) is 70.5 Å². The van der Waals surface area contributed by atoms with Crippen LogP contribution in [0.25, 0.3) is 5.69 Å². The molecule has 160 valence electrons. The lowest BCUT2D eigenvalue weighted by molar-refractivity contribution is 0.215. The summed E-state index contributed by atoms with van der Waals surface area (Å²) in [6, 6.07) is 18.7. The van der Waals surface area contributed by atoms with Crippen LogP contribution < -0.4 is 15.8 Å². The van der Waals surface area contributed by atoms with Crippen LogP contribution in [-0.4, -0.2) is 46.9 Å². The third-order valence-electron chi connectivity index (χ3n) is 5.37. The largest absolute Gasteiger partial charge is 0.353 e. The quantitative estimate of drug-likeness (QED) is 0.707. The molecule has 0 spiro atoms. The highest BCUT2D eigenvalue weighted by atomic mass is 16.2. The van der Waals surface area contributed by atoms with Gasteiger partial charge >= 0.3 is 6.03 Å². The Labute approximate surface area is 181 Å². The number of hydrogen-bond donors (Lipinski definition) is 1. The maximum absolute atomic E-state index is 12.8. The Bertz CT molecular complexity index is 1110. The van der Waals surface area contributed by atoms with Crippen molar-refractivity contribution < 1.29 is 4.79 Å². The van der Waals surface area contributed by atoms with Crippen LogP contribution in [0.15, 0.2) is 65.5 Å². The molecule has 0 unspecified atom stereocenters. The molecule has 1 saturated heterocycles. The molecule has 1 aliphatic rings. The zero-order valence-corrected chi connectivity index (χ0v) is 17.9. The van der Waals surface area contributed by atoms with Crippen LogP contribution >= 0.6 is 0 Å². The van der Waals surface area contributed by atoms with Gasteiger partial charge in [-0.1, -0.05) is 24.3 Å². The van der Waals surface area contributed by atoms with Crippen LogP contribution in [0.5, 0.6) is 0 Å². The van der Waals surface area contributed by atoms with E-state index in [-0.39, 0.29) is 11.6 Å². The Kier molecular flexibility index (Phi) is 6.02. The zero-order valence-electron chi connectivity index (χ0n) is 17.9. The Morgan fingerprint density at radius 3 is 2.39 bits per heavy atom. The maximum Gasteiger partial charge on any atom is 0.321 e. The van der Waals surface area contributed by atoms with Crippen molar-refractivity contribution in [2.45, 2.75) is 20.3 Å². The van der Waals surface area contributed by atoms with E-state index in [1.54, 1.807) is 12.1 Å². The number of nitrogens with zero attached hydrogens (tertiary/aromatic N) is 4. The van der Waals surface area contributed by atoms with Crippen LogP contribution in [0.1, 0.15) is 17.5 Å². The lowest BCUT2D eigenvalue weighted by Crippen LogP contribution is -2.38. The fourth-order valence-corrected chi connectivity index (χ4v) is 3.92. The number of amides is 2. The number of rotatable bonds is 3. The fraction of sp³-hybridized carbons (Fsp3) is 0.292. The van der Waals surface area contributed by atoms with Gasteiger partial charge in [0.1, 0.15) is 5.82 Å². The number of hydrogen-bond acceptors (Lipinski definition) is 4. The number of carbonyl (C=O) groups excluding carboxylic acids is 1. The van der Waals surface area contributed by atoms with E-state index in [1.165, 1.54) is 4.68 Å². The summed E-state index contributed by atoms with van der Waals surface area (Å²) >= 11 is 0. The monoisotopic (exact) mass is 417 g/mol. The molecule has 1 aromatic heterocycles. The normalized spacial score (nSPS) is 14.3. The summed E-state index contributed by atoms with van der Waals surface area (Å²) in [5, 5.41) is 7.60. The molecule has 0 radical (unpaired) electrons. The highest BCUT2D eigenvalue weighted by Crippen LogP contribution is 2.17. The highest BCUT2D eigenvalue weighted by molar-refractivity contribution is 5.89. The van der Waals surface area contributed by atoms with Gasteiger partial charge in [-0.15, -0.1) is 5.10 Å². The first-order valence-corrected chi connectivity index (χ1v) is 10.5. The van der Waals surface area contributed by atoms with Crippen molar-refractivity contribution in [1.82, 2.24) is 14.7 Å². The highest BCUT2D eigenvalue weighted by Gasteiger charge is 2.20. The fourth-order valence-electron chi connectivity index (χ4n) is 3.92. The predicted molar refractivity (Wildman–Crippen MR) is 123 cm³/mol. The van der Waals surface area contributed by atoms with E-state index < -0.39 is 0 Å². The third-order valence-corrected chi connectivity index (χ3v) is 5.37. The van der Waals surface area contributed by atoms with Crippen molar-refractivity contribution in [3.63, 3.8) is 0 Å². The van der Waals surface area contributed by atoms with E-state index in [9.17, 15) is 9.59 Å². The number of aryl methyl sites for hydroxylation is 2. The minimum atomic E-state index is -0.167. The summed E-state index contributed by atoms with van der Waals surface area (Å²) in [5.41, 5.74) is 3.63. The zero-order chi connectivity index (χ0) is 21.8. The number of anilines is 2. The van der Waals surface area contributed by atoms with E-state index in [0.717, 1.165) is 41.3 Å². The van der Waals surface area contributed by atoms with Crippen LogP contribution in [0.3, 0.4) is 0 Å². The van der Waals surface area contributed by atoms with Gasteiger partial charge in [-0.05, 0) is 61.7 Å². The van der Waals surface area contributed by atoms with Crippen molar-refractivity contribution in [2.75, 3.05) is 36.4 Å². The van der Waals surface area contributed by atoms with Crippen LogP contribution in [0.2, 0.25) is 0 Å². The van der Waals surface area contributed by atoms with Gasteiger partial charge in [0.05, 0.1) is 5.69 Å². The second-order valence-electron chi connectivity index (χ2n) is 7.91. The Hall–Kier alpha value is -3.61. The minimum absolute atomic E-state index is 0.0888. The number of aromatic nitrogens is 2. The van der Waals surface area contributed by atoms with Gasteiger partial charge in [-0.25, -0.2) is 4.79 Å². The molecule has 0 saturated carbocycles. The van der Waals surface area contributed by atoms with Crippen LogP contribution in [0, 0.1) is 13.8 Å². The van der Waals surface area contributed by atoms with E-state index in [4.69, 9.17) is 0 Å². The average molecular weight is 418 g/mol. The molecule has 1 aliphatic heterocycles. The van der Waals surface area contributed by atoms with Crippen molar-refractivity contribution in [3.8, 4) is 5.69 Å². The number of carbonyl (C=O) groups is 1. The van der Waals surface area contributed by atoms with Crippen molar-refractivity contribution in [3.05, 3.63) is 82.1 Å². The summed E-state index contributed by atoms with van der Waals surface area (Å²) in [6.45, 7) is 6.73. The average Bonchev–Trinajstić information content (AvgIpc) is 3.00. The molecule has 2 amide bonds. The van der Waals surface area contributed by atoms with E-state index in [1.807, 2.05) is 61.2 Å². The first-order valence-electron chi connectivity index (χ1n) is 10.5. The smallest absolute Gasteiger partial charge is 0.321 e. The first kappa shape index (κ1) is 20.7. The second-order valence-corrected chi connectivity index (χ2v) is 7.91. The molecule has 0 aliphatic carbocycles. The summed E-state index contributed by atoms with van der Waals surface area (Å²) in [5.74, 6) is 0.736. The number of para-hydroxylation sites is 1. The van der Waals surface area contributed by atoms with Crippen molar-refractivity contribution >= 4 is 17.5 Å². The Morgan fingerprint density at radius 1 is 0.903 bits per heavy atom. The van der Waals surface area contributed by atoms with E-state index in [2.05, 4.69) is 21.4 Å². The second kappa shape index (κ2) is 9.04. The molecule has 7 heteroatoms. The third kappa shape index (κ3) is 4.94. The lowest BCUT2D eigenvalue weighted by Gasteiger charge is -2.23. The predicted octanol–water partition coefficient (Wildman–Crippen LogP) is 3.59. The molecule has 0 bridgehead atoms. The SMILES string of the molecule is Cc1cc(C)cc(NC(=O)N2CCCN(c3ccc(=O)n(-c4ccccc4)n3)CC2)c1. The number of nitrogens with one attached hydrogen (secondary N) is 1. The summed E-state index contributed by atoms with van der Waals surface area (Å²) in [4.78, 5) is 29.1. The summed E-state index contributed by atoms with van der Waals surface area (Å²) < 4.78 is 1.42. The standard InChI is InChI=1S/C24H27N5O2/c1-18-15-19(2)17-20(16-18)25-24(31)28-12-6-11-27(13-14-28)22-9-10-23(30)29(26-22)21-7-4-3-5-8-21/h3-5,7-10,15-17H,6,11-14H2,1-2H3,(H,25,31). The molecule has 31 heavy (non-hydrogen) atoms. The molecular formula is C24H27N5O2. The van der Waals surface area contributed by atoms with E-state index >= 15 is 0 Å².